The average Bonchev–Trinajstić information content (AvgIpc) is 2.82. The van der Waals surface area contributed by atoms with Gasteiger partial charge in [-0.05, 0) is 67.6 Å². The van der Waals surface area contributed by atoms with E-state index in [1.165, 1.54) is 4.31 Å². The number of rotatable bonds is 4. The Morgan fingerprint density at radius 2 is 1.61 bits per heavy atom. The van der Waals surface area contributed by atoms with Crippen molar-refractivity contribution in [2.45, 2.75) is 43.5 Å². The van der Waals surface area contributed by atoms with E-state index >= 15 is 0 Å². The number of carbonyl (C=O) groups excluding carboxylic acids is 1. The number of sulfonamides is 1. The Bertz CT molecular complexity index is 1150. The van der Waals surface area contributed by atoms with Gasteiger partial charge in [-0.1, -0.05) is 23.7 Å². The first-order chi connectivity index (χ1) is 15.7. The van der Waals surface area contributed by atoms with Gasteiger partial charge in [0.05, 0.1) is 10.7 Å². The summed E-state index contributed by atoms with van der Waals surface area (Å²) < 4.78 is 27.9. The Labute approximate surface area is 200 Å². The number of amides is 1. The molecule has 0 aromatic heterocycles. The molecule has 7 nitrogen and oxygen atoms in total. The number of piperazine rings is 1. The van der Waals surface area contributed by atoms with E-state index in [4.69, 9.17) is 17.0 Å². The van der Waals surface area contributed by atoms with E-state index in [1.807, 2.05) is 29.0 Å². The minimum atomic E-state index is -3.63. The molecular formula is C24H31ClN4O3S. The lowest BCUT2D eigenvalue weighted by Gasteiger charge is -2.39. The van der Waals surface area contributed by atoms with E-state index in [-0.39, 0.29) is 16.7 Å². The molecule has 2 fully saturated rings. The number of hydrogen-bond donors (Lipinski definition) is 1. The average molecular weight is 491 g/mol. The molecular weight excluding hydrogens is 460 g/mol. The molecule has 0 atom stereocenters. The lowest BCUT2D eigenvalue weighted by molar-refractivity contribution is -0.138. The zero-order chi connectivity index (χ0) is 23.8. The van der Waals surface area contributed by atoms with Crippen LogP contribution in [0.25, 0.3) is 10.8 Å². The lowest BCUT2D eigenvalue weighted by atomic mass is 9.84. The maximum Gasteiger partial charge on any atom is 0.243 e. The van der Waals surface area contributed by atoms with Crippen molar-refractivity contribution in [3.05, 3.63) is 41.4 Å². The van der Waals surface area contributed by atoms with Gasteiger partial charge in [-0.25, -0.2) is 8.42 Å². The monoisotopic (exact) mass is 490 g/mol. The second-order valence-electron chi connectivity index (χ2n) is 9.08. The minimum absolute atomic E-state index is 0.00356. The smallest absolute Gasteiger partial charge is 0.243 e. The molecule has 1 aliphatic carbocycles. The van der Waals surface area contributed by atoms with Gasteiger partial charge >= 0.3 is 0 Å². The van der Waals surface area contributed by atoms with Gasteiger partial charge in [-0.15, -0.1) is 0 Å². The van der Waals surface area contributed by atoms with Gasteiger partial charge in [-0.3, -0.25) is 10.2 Å². The maximum absolute atomic E-state index is 13.2. The van der Waals surface area contributed by atoms with Gasteiger partial charge in [0.2, 0.25) is 15.9 Å². The van der Waals surface area contributed by atoms with Crippen molar-refractivity contribution in [2.24, 2.45) is 5.92 Å². The Morgan fingerprint density at radius 3 is 2.24 bits per heavy atom. The Balaban J connectivity index is 1.36. The lowest BCUT2D eigenvalue weighted by Crippen LogP contribution is -2.52. The predicted octanol–water partition coefficient (Wildman–Crippen LogP) is 3.81. The predicted molar refractivity (Wildman–Crippen MR) is 131 cm³/mol. The second kappa shape index (κ2) is 9.60. The van der Waals surface area contributed by atoms with Gasteiger partial charge in [0.15, 0.2) is 0 Å². The van der Waals surface area contributed by atoms with Crippen LogP contribution in [0.15, 0.2) is 41.3 Å². The highest BCUT2D eigenvalue weighted by molar-refractivity contribution is 7.89. The normalized spacial score (nSPS) is 22.3. The van der Waals surface area contributed by atoms with Gasteiger partial charge in [0.1, 0.15) is 0 Å². The van der Waals surface area contributed by atoms with E-state index in [1.54, 1.807) is 31.2 Å². The van der Waals surface area contributed by atoms with Crippen LogP contribution in [0, 0.1) is 11.3 Å². The summed E-state index contributed by atoms with van der Waals surface area (Å²) in [6, 6.07) is 10.8. The van der Waals surface area contributed by atoms with Gasteiger partial charge < -0.3 is 9.80 Å². The largest absolute Gasteiger partial charge is 0.361 e. The fraction of sp³-hybridized carbons (Fsp3) is 0.500. The molecule has 1 saturated carbocycles. The van der Waals surface area contributed by atoms with E-state index in [9.17, 15) is 13.2 Å². The summed E-state index contributed by atoms with van der Waals surface area (Å²) in [7, 11) is -1.68. The second-order valence-corrected chi connectivity index (χ2v) is 11.5. The minimum Gasteiger partial charge on any atom is -0.361 e. The molecule has 178 valence electrons. The van der Waals surface area contributed by atoms with Gasteiger partial charge in [0, 0.05) is 50.2 Å². The molecule has 2 aromatic rings. The zero-order valence-corrected chi connectivity index (χ0v) is 20.7. The molecule has 1 amide bonds. The third kappa shape index (κ3) is 5.03. The molecule has 1 heterocycles. The van der Waals surface area contributed by atoms with Crippen molar-refractivity contribution in [1.82, 2.24) is 14.1 Å². The molecule has 1 saturated heterocycles. The Hall–Kier alpha value is -2.16. The number of halogens is 1. The molecule has 1 N–H and O–H groups in total. The highest BCUT2D eigenvalue weighted by atomic mass is 35.5. The topological polar surface area (TPSA) is 84.8 Å². The molecule has 0 unspecified atom stereocenters. The maximum atomic E-state index is 13.2. The van der Waals surface area contributed by atoms with E-state index in [0.717, 1.165) is 36.5 Å². The molecule has 9 heteroatoms. The van der Waals surface area contributed by atoms with Crippen LogP contribution >= 0.6 is 11.6 Å². The van der Waals surface area contributed by atoms with Crippen LogP contribution in [0.1, 0.15) is 32.6 Å². The highest BCUT2D eigenvalue weighted by Gasteiger charge is 2.35. The van der Waals surface area contributed by atoms with Gasteiger partial charge in [0.25, 0.3) is 0 Å². The Morgan fingerprint density at radius 1 is 1.00 bits per heavy atom. The van der Waals surface area contributed by atoms with Crippen molar-refractivity contribution in [3.63, 3.8) is 0 Å². The number of nitrogens with zero attached hydrogens (tertiary/aromatic N) is 3. The molecule has 2 aliphatic rings. The summed E-state index contributed by atoms with van der Waals surface area (Å²) in [6.07, 6.45) is 3.46. The van der Waals surface area contributed by atoms with Crippen LogP contribution in [-0.4, -0.2) is 73.5 Å². The van der Waals surface area contributed by atoms with E-state index in [0.29, 0.717) is 43.1 Å². The van der Waals surface area contributed by atoms with Crippen LogP contribution in [0.4, 0.5) is 0 Å². The first kappa shape index (κ1) is 24.0. The summed E-state index contributed by atoms with van der Waals surface area (Å²) >= 11 is 6.03. The first-order valence-electron chi connectivity index (χ1n) is 11.4. The molecule has 4 rings (SSSR count). The molecule has 33 heavy (non-hydrogen) atoms. The molecule has 1 aliphatic heterocycles. The standard InChI is InChI=1S/C24H31ClN4O3S/c1-17(26)27(2)22-8-4-18(5-9-22)24(30)28-11-13-29(14-12-28)33(31,32)23-10-6-19-15-21(25)7-3-20(19)16-23/h3,6-7,10,15-16,18,22,26H,4-5,8-9,11-14H2,1-2H3. The molecule has 0 spiro atoms. The SMILES string of the molecule is CC(=N)N(C)C1CCC(C(=O)N2CCN(S(=O)(=O)c3ccc4cc(Cl)ccc4c3)CC2)CC1. The van der Waals surface area contributed by atoms with Crippen molar-refractivity contribution >= 4 is 44.1 Å². The third-order valence-corrected chi connectivity index (χ3v) is 9.21. The van der Waals surface area contributed by atoms with Crippen molar-refractivity contribution in [1.29, 1.82) is 5.41 Å². The van der Waals surface area contributed by atoms with Crippen LogP contribution in [0.5, 0.6) is 0 Å². The number of amidine groups is 1. The molecule has 0 bridgehead atoms. The first-order valence-corrected chi connectivity index (χ1v) is 13.2. The van der Waals surface area contributed by atoms with E-state index in [2.05, 4.69) is 0 Å². The van der Waals surface area contributed by atoms with Crippen molar-refractivity contribution < 1.29 is 13.2 Å². The fourth-order valence-electron chi connectivity index (χ4n) is 4.90. The summed E-state index contributed by atoms with van der Waals surface area (Å²) in [5, 5.41) is 10.1. The van der Waals surface area contributed by atoms with E-state index < -0.39 is 10.0 Å². The van der Waals surface area contributed by atoms with Crippen molar-refractivity contribution in [3.8, 4) is 0 Å². The highest BCUT2D eigenvalue weighted by Crippen LogP contribution is 2.30. The van der Waals surface area contributed by atoms with Crippen LogP contribution in [-0.2, 0) is 14.8 Å². The third-order valence-electron chi connectivity index (χ3n) is 7.08. The zero-order valence-electron chi connectivity index (χ0n) is 19.1. The Kier molecular flexibility index (Phi) is 6.98. The fourth-order valence-corrected chi connectivity index (χ4v) is 6.53. The molecule has 2 aromatic carbocycles. The molecule has 0 radical (unpaired) electrons. The van der Waals surface area contributed by atoms with Crippen LogP contribution < -0.4 is 0 Å². The van der Waals surface area contributed by atoms with Gasteiger partial charge in [-0.2, -0.15) is 4.31 Å². The summed E-state index contributed by atoms with van der Waals surface area (Å²) in [5.41, 5.74) is 0. The van der Waals surface area contributed by atoms with Crippen LogP contribution in [0.2, 0.25) is 5.02 Å². The number of nitrogens with one attached hydrogen (secondary N) is 1. The summed E-state index contributed by atoms with van der Waals surface area (Å²) in [4.78, 5) is 17.1. The van der Waals surface area contributed by atoms with Crippen molar-refractivity contribution in [2.75, 3.05) is 33.2 Å². The number of benzene rings is 2. The quantitative estimate of drug-likeness (QED) is 0.521. The number of hydrogen-bond acceptors (Lipinski definition) is 4. The number of carbonyl (C=O) groups is 1. The summed E-state index contributed by atoms with van der Waals surface area (Å²) in [6.45, 7) is 3.23. The van der Waals surface area contributed by atoms with Crippen LogP contribution in [0.3, 0.4) is 0 Å². The number of fused-ring (bicyclic) bond motifs is 1. The summed E-state index contributed by atoms with van der Waals surface area (Å²) in [5.74, 6) is 0.691.